The highest BCUT2D eigenvalue weighted by atomic mass is 35.5. The number of rotatable bonds is 5. The van der Waals surface area contributed by atoms with Gasteiger partial charge in [-0.3, -0.25) is 24.6 Å². The second-order valence-corrected chi connectivity index (χ2v) is 8.11. The van der Waals surface area contributed by atoms with Gasteiger partial charge in [-0.25, -0.2) is 10.4 Å². The smallest absolute Gasteiger partial charge is 0.437 e. The van der Waals surface area contributed by atoms with Crippen LogP contribution in [0.3, 0.4) is 0 Å². The number of hydrazine groups is 1. The molecular weight excluding hydrogens is 489 g/mol. The number of hydrogen-bond acceptors (Lipinski definition) is 7. The number of amides is 1. The van der Waals surface area contributed by atoms with Gasteiger partial charge in [0.2, 0.25) is 11.7 Å². The van der Waals surface area contributed by atoms with E-state index in [4.69, 9.17) is 21.6 Å². The summed E-state index contributed by atoms with van der Waals surface area (Å²) in [5.74, 6) is -2.54. The van der Waals surface area contributed by atoms with Crippen LogP contribution in [0.4, 0.5) is 13.2 Å². The Morgan fingerprint density at radius 2 is 2.09 bits per heavy atom. The largest absolute Gasteiger partial charge is 0.449 e. The molecule has 2 unspecified atom stereocenters. The van der Waals surface area contributed by atoms with Crippen molar-refractivity contribution < 1.29 is 22.7 Å². The summed E-state index contributed by atoms with van der Waals surface area (Å²) in [5, 5.41) is 9.11. The van der Waals surface area contributed by atoms with E-state index in [1.54, 1.807) is 30.6 Å². The molecule has 35 heavy (non-hydrogen) atoms. The van der Waals surface area contributed by atoms with E-state index in [-0.39, 0.29) is 35.3 Å². The molecule has 0 radical (unpaired) electrons. The first-order chi connectivity index (χ1) is 16.7. The van der Waals surface area contributed by atoms with Crippen LogP contribution in [0, 0.1) is 17.2 Å². The number of nitrogens with one attached hydrogen (secondary N) is 2. The van der Waals surface area contributed by atoms with Gasteiger partial charge in [0.15, 0.2) is 5.69 Å². The van der Waals surface area contributed by atoms with Gasteiger partial charge >= 0.3 is 6.18 Å². The van der Waals surface area contributed by atoms with Crippen molar-refractivity contribution in [1.29, 1.82) is 5.26 Å². The lowest BCUT2D eigenvalue weighted by atomic mass is 9.93. The summed E-state index contributed by atoms with van der Waals surface area (Å²) >= 11 is 5.90. The number of halogens is 4. The van der Waals surface area contributed by atoms with Crippen molar-refractivity contribution >= 4 is 17.5 Å². The second kappa shape index (κ2) is 9.73. The van der Waals surface area contributed by atoms with Crippen LogP contribution in [0.2, 0.25) is 5.02 Å². The molecular formula is C22H16ClF3N6O3. The molecule has 0 spiro atoms. The van der Waals surface area contributed by atoms with Gasteiger partial charge in [0.1, 0.15) is 5.75 Å². The third-order valence-corrected chi connectivity index (χ3v) is 5.47. The Morgan fingerprint density at radius 1 is 1.29 bits per heavy atom. The fraction of sp³-hybridized carbons (Fsp3) is 0.227. The number of pyridine rings is 1. The quantitative estimate of drug-likeness (QED) is 0.546. The van der Waals surface area contributed by atoms with Crippen molar-refractivity contribution in [2.45, 2.75) is 25.2 Å². The molecule has 1 aliphatic heterocycles. The summed E-state index contributed by atoms with van der Waals surface area (Å²) in [7, 11) is 0. The molecule has 1 aromatic carbocycles. The lowest BCUT2D eigenvalue weighted by molar-refractivity contribution is -0.142. The third kappa shape index (κ3) is 5.42. The van der Waals surface area contributed by atoms with E-state index in [9.17, 15) is 22.8 Å². The number of aromatic nitrogens is 3. The Morgan fingerprint density at radius 3 is 2.77 bits per heavy atom. The Hall–Kier alpha value is -3.95. The van der Waals surface area contributed by atoms with Crippen LogP contribution in [0.15, 0.2) is 53.8 Å². The normalized spacial score (nSPS) is 18.0. The van der Waals surface area contributed by atoms with Crippen LogP contribution in [0.1, 0.15) is 29.3 Å². The lowest BCUT2D eigenvalue weighted by Crippen LogP contribution is -2.51. The monoisotopic (exact) mass is 504 g/mol. The van der Waals surface area contributed by atoms with Crippen molar-refractivity contribution in [1.82, 2.24) is 25.4 Å². The number of ether oxygens (including phenoxy) is 1. The number of alkyl halides is 3. The van der Waals surface area contributed by atoms with Gasteiger partial charge in [0.05, 0.1) is 29.9 Å². The highest BCUT2D eigenvalue weighted by molar-refractivity contribution is 6.30. The topological polar surface area (TPSA) is 122 Å². The standard InChI is InChI=1S/C22H16ClF3N6O3/c23-15-4-12(8-27)5-16(7-15)35-18-19(22(24,25)26)29-11-32(21(18)34)10-14-6-17(30-31-20(14)33)13-2-1-3-28-9-13/h1-5,7,9,11,14,17,30H,6,10H2,(H,31,33). The summed E-state index contributed by atoms with van der Waals surface area (Å²) in [4.78, 5) is 32.9. The SMILES string of the molecule is N#Cc1cc(Cl)cc(Oc2c(C(F)(F)F)ncn(CC3CC(c4cccnc4)NNC3=O)c2=O)c1. The van der Waals surface area contributed by atoms with Gasteiger partial charge in [-0.05, 0) is 36.2 Å². The molecule has 4 rings (SSSR count). The van der Waals surface area contributed by atoms with Crippen molar-refractivity contribution in [2.24, 2.45) is 5.92 Å². The average molecular weight is 505 g/mol. The lowest BCUT2D eigenvalue weighted by Gasteiger charge is -2.30. The number of nitrogens with zero attached hydrogens (tertiary/aromatic N) is 4. The minimum atomic E-state index is -5.00. The van der Waals surface area contributed by atoms with Gasteiger partial charge < -0.3 is 4.74 Å². The Kier molecular flexibility index (Phi) is 6.72. The zero-order valence-electron chi connectivity index (χ0n) is 17.7. The number of carbonyl (C=O) groups excluding carboxylic acids is 1. The van der Waals surface area contributed by atoms with Crippen LogP contribution in [0.25, 0.3) is 0 Å². The van der Waals surface area contributed by atoms with E-state index in [1.165, 1.54) is 6.07 Å². The molecule has 3 heterocycles. The first kappa shape index (κ1) is 24.2. The molecule has 1 aliphatic rings. The fourth-order valence-electron chi connectivity index (χ4n) is 3.61. The average Bonchev–Trinajstić information content (AvgIpc) is 2.82. The van der Waals surface area contributed by atoms with Gasteiger partial charge in [-0.2, -0.15) is 18.4 Å². The van der Waals surface area contributed by atoms with E-state index in [0.29, 0.717) is 0 Å². The molecule has 1 amide bonds. The van der Waals surface area contributed by atoms with Crippen molar-refractivity contribution in [3.63, 3.8) is 0 Å². The Balaban J connectivity index is 1.67. The summed E-state index contributed by atoms with van der Waals surface area (Å²) in [6.45, 7) is -0.246. The van der Waals surface area contributed by atoms with E-state index in [1.807, 2.05) is 0 Å². The summed E-state index contributed by atoms with van der Waals surface area (Å²) in [5.41, 5.74) is 3.50. The van der Waals surface area contributed by atoms with Gasteiger partial charge in [0, 0.05) is 24.0 Å². The molecule has 1 fully saturated rings. The zero-order valence-corrected chi connectivity index (χ0v) is 18.5. The molecule has 9 nitrogen and oxygen atoms in total. The second-order valence-electron chi connectivity index (χ2n) is 7.67. The molecule has 0 bridgehead atoms. The molecule has 0 saturated carbocycles. The number of hydrogen-bond donors (Lipinski definition) is 2. The first-order valence-electron chi connectivity index (χ1n) is 10.2. The number of nitriles is 1. The third-order valence-electron chi connectivity index (χ3n) is 5.25. The van der Waals surface area contributed by atoms with E-state index >= 15 is 0 Å². The molecule has 2 atom stereocenters. The highest BCUT2D eigenvalue weighted by Gasteiger charge is 2.39. The summed E-state index contributed by atoms with van der Waals surface area (Å²) < 4.78 is 46.9. The van der Waals surface area contributed by atoms with Crippen molar-refractivity contribution in [3.8, 4) is 17.6 Å². The van der Waals surface area contributed by atoms with E-state index in [2.05, 4.69) is 20.8 Å². The fourth-order valence-corrected chi connectivity index (χ4v) is 3.83. The Bertz CT molecular complexity index is 1360. The molecule has 13 heteroatoms. The van der Waals surface area contributed by atoms with Crippen molar-refractivity contribution in [3.05, 3.63) is 81.3 Å². The maximum atomic E-state index is 13.6. The minimum absolute atomic E-state index is 0.0260. The molecule has 2 aromatic heterocycles. The van der Waals surface area contributed by atoms with Crippen molar-refractivity contribution in [2.75, 3.05) is 0 Å². The van der Waals surface area contributed by atoms with Gasteiger partial charge in [0.25, 0.3) is 5.56 Å². The maximum Gasteiger partial charge on any atom is 0.437 e. The number of carbonyl (C=O) groups is 1. The molecule has 0 aliphatic carbocycles. The summed E-state index contributed by atoms with van der Waals surface area (Å²) in [6, 6.07) is 8.60. The van der Waals surface area contributed by atoms with Crippen LogP contribution < -0.4 is 21.1 Å². The van der Waals surface area contributed by atoms with Crippen LogP contribution in [0.5, 0.6) is 11.5 Å². The molecule has 180 valence electrons. The summed E-state index contributed by atoms with van der Waals surface area (Å²) in [6.07, 6.45) is -0.810. The van der Waals surface area contributed by atoms with E-state index in [0.717, 1.165) is 28.6 Å². The van der Waals surface area contributed by atoms with Gasteiger partial charge in [-0.1, -0.05) is 17.7 Å². The van der Waals surface area contributed by atoms with Crippen LogP contribution in [-0.4, -0.2) is 20.4 Å². The minimum Gasteiger partial charge on any atom is -0.449 e. The van der Waals surface area contributed by atoms with Gasteiger partial charge in [-0.15, -0.1) is 0 Å². The molecule has 1 saturated heterocycles. The first-order valence-corrected chi connectivity index (χ1v) is 10.5. The number of benzene rings is 1. The van der Waals surface area contributed by atoms with Crippen LogP contribution >= 0.6 is 11.6 Å². The predicted octanol–water partition coefficient (Wildman–Crippen LogP) is 3.36. The predicted molar refractivity (Wildman–Crippen MR) is 116 cm³/mol. The maximum absolute atomic E-state index is 13.6. The highest BCUT2D eigenvalue weighted by Crippen LogP contribution is 2.35. The molecule has 3 aromatic rings. The zero-order chi connectivity index (χ0) is 25.2. The van der Waals surface area contributed by atoms with E-state index < -0.39 is 35.0 Å². The van der Waals surface area contributed by atoms with Crippen LogP contribution in [-0.2, 0) is 17.5 Å². The molecule has 2 N–H and O–H groups in total. The Labute approximate surface area is 201 Å².